The van der Waals surface area contributed by atoms with Gasteiger partial charge in [0.05, 0.1) is 22.9 Å². The Hall–Kier alpha value is -4.43. The van der Waals surface area contributed by atoms with Crippen LogP contribution in [0.2, 0.25) is 0 Å². The Kier molecular flexibility index (Phi) is 7.23. The Bertz CT molecular complexity index is 1560. The van der Waals surface area contributed by atoms with Gasteiger partial charge in [-0.05, 0) is 79.4 Å². The summed E-state index contributed by atoms with van der Waals surface area (Å²) in [5, 5.41) is 9.41. The largest absolute Gasteiger partial charge is 0.316 e. The van der Waals surface area contributed by atoms with Crippen molar-refractivity contribution >= 4 is 33.6 Å². The average Bonchev–Trinajstić information content (AvgIpc) is 3.51. The van der Waals surface area contributed by atoms with E-state index in [9.17, 15) is 0 Å². The molecule has 0 bridgehead atoms. The van der Waals surface area contributed by atoms with Crippen LogP contribution < -0.4 is 0 Å². The average molecular weight is 460 g/mol. The van der Waals surface area contributed by atoms with Crippen LogP contribution in [-0.2, 0) is 6.42 Å². The van der Waals surface area contributed by atoms with Crippen molar-refractivity contribution in [1.29, 1.82) is 0 Å². The minimum atomic E-state index is 0.953. The van der Waals surface area contributed by atoms with Crippen LogP contribution in [0, 0.1) is 19.3 Å². The number of allylic oxidation sites excluding steroid dienone is 2. The molecular formula is C30H29N5. The summed E-state index contributed by atoms with van der Waals surface area (Å²) in [6.45, 7) is 6.29. The van der Waals surface area contributed by atoms with Gasteiger partial charge in [-0.2, -0.15) is 5.10 Å². The third-order valence-corrected chi connectivity index (χ3v) is 6.00. The molecule has 0 aliphatic carbocycles. The molecule has 2 aromatic carbocycles. The van der Waals surface area contributed by atoms with E-state index in [0.29, 0.717) is 0 Å². The van der Waals surface area contributed by atoms with E-state index in [1.54, 1.807) is 13.3 Å². The van der Waals surface area contributed by atoms with Crippen molar-refractivity contribution in [2.45, 2.75) is 27.2 Å². The molecule has 0 radical (unpaired) electrons. The SMILES string of the molecule is C#Cc1ccc(CC)cc1.CN=C/C=C(\C)c1cc2c(cn1)c(C)cn2-c1ccc2cn[nH]c2c1. The predicted molar refractivity (Wildman–Crippen MR) is 147 cm³/mol. The Morgan fingerprint density at radius 1 is 1.14 bits per heavy atom. The van der Waals surface area contributed by atoms with Crippen molar-refractivity contribution in [3.05, 3.63) is 95.6 Å². The molecule has 5 nitrogen and oxygen atoms in total. The highest BCUT2D eigenvalue weighted by atomic mass is 15.1. The standard InChI is InChI=1S/C20H19N5.C10H10/c1-13(6-7-21-3)18-9-20-17(11-22-18)14(2)12-25(20)16-5-4-15-10-23-24-19(15)8-16;1-3-9-5-7-10(4-2)8-6-9/h4-12H,1-3H3,(H,23,24);1,5-8H,4H2,2H3/b13-6+,21-7?;. The van der Waals surface area contributed by atoms with Crippen molar-refractivity contribution < 1.29 is 0 Å². The van der Waals surface area contributed by atoms with Gasteiger partial charge in [0.25, 0.3) is 0 Å². The highest BCUT2D eigenvalue weighted by Crippen LogP contribution is 2.27. The van der Waals surface area contributed by atoms with Crippen molar-refractivity contribution in [2.24, 2.45) is 4.99 Å². The summed E-state index contributed by atoms with van der Waals surface area (Å²) in [5.74, 6) is 2.58. The number of benzene rings is 2. The van der Waals surface area contributed by atoms with E-state index in [4.69, 9.17) is 6.42 Å². The van der Waals surface area contributed by atoms with Gasteiger partial charge in [0.2, 0.25) is 0 Å². The molecule has 0 atom stereocenters. The predicted octanol–water partition coefficient (Wildman–Crippen LogP) is 6.54. The lowest BCUT2D eigenvalue weighted by molar-refractivity contribution is 1.10. The number of fused-ring (bicyclic) bond motifs is 2. The number of hydrogen-bond donors (Lipinski definition) is 1. The maximum atomic E-state index is 5.19. The van der Waals surface area contributed by atoms with Crippen LogP contribution in [0.3, 0.4) is 0 Å². The summed E-state index contributed by atoms with van der Waals surface area (Å²) in [4.78, 5) is 8.62. The summed E-state index contributed by atoms with van der Waals surface area (Å²) in [5.41, 5.74) is 8.80. The molecule has 35 heavy (non-hydrogen) atoms. The minimum Gasteiger partial charge on any atom is -0.316 e. The van der Waals surface area contributed by atoms with E-state index in [1.807, 2.05) is 37.5 Å². The molecular weight excluding hydrogens is 430 g/mol. The van der Waals surface area contributed by atoms with Crippen LogP contribution >= 0.6 is 0 Å². The van der Waals surface area contributed by atoms with Gasteiger partial charge in [-0.3, -0.25) is 15.1 Å². The third-order valence-electron chi connectivity index (χ3n) is 6.00. The highest BCUT2D eigenvalue weighted by Gasteiger charge is 2.10. The summed E-state index contributed by atoms with van der Waals surface area (Å²) in [6, 6.07) is 16.5. The molecule has 1 N–H and O–H groups in total. The Morgan fingerprint density at radius 2 is 1.94 bits per heavy atom. The quantitative estimate of drug-likeness (QED) is 0.245. The van der Waals surface area contributed by atoms with Crippen molar-refractivity contribution in [3.8, 4) is 18.0 Å². The second kappa shape index (κ2) is 10.7. The molecule has 0 fully saturated rings. The summed E-state index contributed by atoms with van der Waals surface area (Å²) in [7, 11) is 1.76. The molecule has 0 amide bonds. The number of terminal acetylenes is 1. The second-order valence-electron chi connectivity index (χ2n) is 8.36. The van der Waals surface area contributed by atoms with Crippen LogP contribution in [0.5, 0.6) is 0 Å². The van der Waals surface area contributed by atoms with Crippen LogP contribution in [-0.4, -0.2) is 33.0 Å². The van der Waals surface area contributed by atoms with E-state index in [0.717, 1.165) is 50.7 Å². The fourth-order valence-electron chi connectivity index (χ4n) is 3.89. The fraction of sp³-hybridized carbons (Fsp3) is 0.167. The van der Waals surface area contributed by atoms with Gasteiger partial charge in [-0.15, -0.1) is 6.42 Å². The molecule has 3 aromatic heterocycles. The third kappa shape index (κ3) is 5.23. The first-order valence-corrected chi connectivity index (χ1v) is 11.6. The highest BCUT2D eigenvalue weighted by molar-refractivity contribution is 5.90. The molecule has 0 saturated heterocycles. The maximum Gasteiger partial charge on any atom is 0.0680 e. The number of H-pyrrole nitrogens is 1. The number of aryl methyl sites for hydroxylation is 2. The molecule has 0 aliphatic rings. The van der Waals surface area contributed by atoms with Gasteiger partial charge in [0.15, 0.2) is 0 Å². The molecule has 0 spiro atoms. The number of nitrogens with one attached hydrogen (secondary N) is 1. The molecule has 174 valence electrons. The molecule has 5 heteroatoms. The van der Waals surface area contributed by atoms with Crippen LogP contribution in [0.25, 0.3) is 33.1 Å². The molecule has 0 aliphatic heterocycles. The lowest BCUT2D eigenvalue weighted by Crippen LogP contribution is -1.94. The lowest BCUT2D eigenvalue weighted by Gasteiger charge is -2.07. The van der Waals surface area contributed by atoms with E-state index in [2.05, 4.69) is 87.1 Å². The molecule has 3 heterocycles. The Balaban J connectivity index is 0.000000243. The summed E-state index contributed by atoms with van der Waals surface area (Å²) < 4.78 is 2.21. The van der Waals surface area contributed by atoms with Gasteiger partial charge < -0.3 is 4.57 Å². The van der Waals surface area contributed by atoms with Crippen LogP contribution in [0.4, 0.5) is 0 Å². The van der Waals surface area contributed by atoms with Gasteiger partial charge >= 0.3 is 0 Å². The van der Waals surface area contributed by atoms with E-state index in [-0.39, 0.29) is 0 Å². The zero-order valence-corrected chi connectivity index (χ0v) is 20.6. The molecule has 5 aromatic rings. The number of pyridine rings is 1. The Morgan fingerprint density at radius 3 is 2.66 bits per heavy atom. The van der Waals surface area contributed by atoms with Crippen LogP contribution in [0.15, 0.2) is 78.2 Å². The zero-order valence-electron chi connectivity index (χ0n) is 20.6. The monoisotopic (exact) mass is 459 g/mol. The number of rotatable bonds is 4. The first-order valence-electron chi connectivity index (χ1n) is 11.6. The van der Waals surface area contributed by atoms with Crippen molar-refractivity contribution in [3.63, 3.8) is 0 Å². The number of aromatic amines is 1. The normalized spacial score (nSPS) is 11.6. The molecule has 5 rings (SSSR count). The van der Waals surface area contributed by atoms with Gasteiger partial charge in [0.1, 0.15) is 0 Å². The first-order chi connectivity index (χ1) is 17.0. The number of aromatic nitrogens is 4. The fourth-order valence-corrected chi connectivity index (χ4v) is 3.89. The van der Waals surface area contributed by atoms with Crippen LogP contribution in [0.1, 0.15) is 36.2 Å². The zero-order chi connectivity index (χ0) is 24.8. The van der Waals surface area contributed by atoms with Gasteiger partial charge in [0, 0.05) is 47.7 Å². The topological polar surface area (TPSA) is 58.9 Å². The van der Waals surface area contributed by atoms with Gasteiger partial charge in [-0.1, -0.05) is 25.0 Å². The molecule has 0 saturated carbocycles. The Labute approximate surface area is 206 Å². The summed E-state index contributed by atoms with van der Waals surface area (Å²) in [6.07, 6.45) is 16.0. The number of nitrogens with zero attached hydrogens (tertiary/aromatic N) is 4. The first kappa shape index (κ1) is 23.7. The van der Waals surface area contributed by atoms with Crippen molar-refractivity contribution in [2.75, 3.05) is 7.05 Å². The summed E-state index contributed by atoms with van der Waals surface area (Å²) >= 11 is 0. The minimum absolute atomic E-state index is 0.953. The van der Waals surface area contributed by atoms with E-state index >= 15 is 0 Å². The van der Waals surface area contributed by atoms with Crippen molar-refractivity contribution in [1.82, 2.24) is 19.7 Å². The molecule has 0 unspecified atom stereocenters. The second-order valence-corrected chi connectivity index (χ2v) is 8.36. The maximum absolute atomic E-state index is 5.19. The lowest BCUT2D eigenvalue weighted by atomic mass is 10.1. The van der Waals surface area contributed by atoms with E-state index in [1.165, 1.54) is 11.1 Å². The van der Waals surface area contributed by atoms with Gasteiger partial charge in [-0.25, -0.2) is 0 Å². The smallest absolute Gasteiger partial charge is 0.0680 e. The number of aliphatic imine (C=N–C) groups is 1. The van der Waals surface area contributed by atoms with E-state index < -0.39 is 0 Å². The number of hydrogen-bond acceptors (Lipinski definition) is 3.